The summed E-state index contributed by atoms with van der Waals surface area (Å²) < 4.78 is 41.7. The van der Waals surface area contributed by atoms with E-state index >= 15 is 0 Å². The van der Waals surface area contributed by atoms with Gasteiger partial charge in [0.1, 0.15) is 5.75 Å². The molecule has 1 amide bonds. The number of β-amino-alcohol motifs (C(OH)–C–C–N with tert-alkyl or cyclic N) is 1. The summed E-state index contributed by atoms with van der Waals surface area (Å²) in [7, 11) is -3.94. The van der Waals surface area contributed by atoms with E-state index in [2.05, 4.69) is 31.6 Å². The molecule has 10 nitrogen and oxygen atoms in total. The highest BCUT2D eigenvalue weighted by Crippen LogP contribution is 2.49. The summed E-state index contributed by atoms with van der Waals surface area (Å²) in [5.74, 6) is 0.272. The number of carbonyl (C=O) groups is 1. The molecule has 4 aliphatic heterocycles. The maximum absolute atomic E-state index is 13.6. The lowest BCUT2D eigenvalue weighted by molar-refractivity contribution is -0.126. The molecule has 8 rings (SSSR count). The molecule has 2 aromatic rings. The van der Waals surface area contributed by atoms with Crippen LogP contribution in [0.15, 0.2) is 36.4 Å². The van der Waals surface area contributed by atoms with E-state index in [1.165, 1.54) is 11.1 Å². The largest absolute Gasteiger partial charge is 0.490 e. The van der Waals surface area contributed by atoms with Crippen LogP contribution in [0, 0.1) is 17.8 Å². The monoisotopic (exact) mass is 754 g/mol. The van der Waals surface area contributed by atoms with Crippen LogP contribution in [0.1, 0.15) is 80.3 Å². The number of carbonyl (C=O) groups excluding carboxylic acids is 1. The fourth-order valence-electron chi connectivity index (χ4n) is 10.2. The van der Waals surface area contributed by atoms with Gasteiger partial charge in [-0.1, -0.05) is 31.0 Å². The van der Waals surface area contributed by atoms with E-state index in [1.807, 2.05) is 25.1 Å². The minimum atomic E-state index is -3.94. The number of aliphatic hydroxyl groups is 1. The van der Waals surface area contributed by atoms with E-state index in [4.69, 9.17) is 21.1 Å². The quantitative estimate of drug-likeness (QED) is 0.455. The van der Waals surface area contributed by atoms with Crippen LogP contribution in [0.4, 0.5) is 5.69 Å². The standard InChI is InChI=1S/C40H55ClN4O6S/c1-27-5-3-14-40(47,25-43-22-33(23-43)44-15-17-50-18-16-44)35-10-7-31(35)21-45-24-39(13-4-6-29-19-32(41)9-11-34(29)39)26-51-37-12-8-30(20-36(37)45)38(46)42-52(48,49)28(27)2/h8-9,11-12,19-20,27-28,31,33,35,47H,3-7,10,13-18,21-26H2,1-2H3,(H,42,46)/t27-,28+,31-,35+,39-,40+/m0/s1. The van der Waals surface area contributed by atoms with Crippen LogP contribution in [0.5, 0.6) is 5.75 Å². The predicted octanol–water partition coefficient (Wildman–Crippen LogP) is 4.85. The second-order valence-electron chi connectivity index (χ2n) is 16.9. The number of likely N-dealkylation sites (tertiary alicyclic amines) is 1. The molecule has 2 aliphatic carbocycles. The van der Waals surface area contributed by atoms with Gasteiger partial charge in [-0.15, -0.1) is 0 Å². The lowest BCUT2D eigenvalue weighted by Gasteiger charge is -2.54. The Morgan fingerprint density at radius 2 is 1.81 bits per heavy atom. The number of anilines is 1. The first kappa shape index (κ1) is 36.6. The summed E-state index contributed by atoms with van der Waals surface area (Å²) in [6, 6.07) is 12.1. The Balaban J connectivity index is 1.13. The Morgan fingerprint density at radius 3 is 2.58 bits per heavy atom. The van der Waals surface area contributed by atoms with Gasteiger partial charge in [0.15, 0.2) is 0 Å². The van der Waals surface area contributed by atoms with Crippen LogP contribution in [-0.2, 0) is 26.6 Å². The van der Waals surface area contributed by atoms with Gasteiger partial charge < -0.3 is 19.5 Å². The van der Waals surface area contributed by atoms with Gasteiger partial charge >= 0.3 is 0 Å². The molecule has 0 radical (unpaired) electrons. The average molecular weight is 755 g/mol. The minimum absolute atomic E-state index is 0.117. The van der Waals surface area contributed by atoms with E-state index in [0.29, 0.717) is 49.9 Å². The van der Waals surface area contributed by atoms with Gasteiger partial charge in [0.05, 0.1) is 36.4 Å². The third-order valence-electron chi connectivity index (χ3n) is 13.7. The number of nitrogens with zero attached hydrogens (tertiary/aromatic N) is 3. The molecule has 2 N–H and O–H groups in total. The zero-order chi connectivity index (χ0) is 36.3. The van der Waals surface area contributed by atoms with Crippen molar-refractivity contribution in [3.8, 4) is 5.75 Å². The number of sulfonamides is 1. The summed E-state index contributed by atoms with van der Waals surface area (Å²) >= 11 is 6.48. The molecule has 6 aliphatic rings. The molecular weight excluding hydrogens is 700 g/mol. The number of ether oxygens (including phenoxy) is 2. The first-order chi connectivity index (χ1) is 24.9. The zero-order valence-corrected chi connectivity index (χ0v) is 32.3. The maximum Gasteiger partial charge on any atom is 0.264 e. The second kappa shape index (κ2) is 14.3. The predicted molar refractivity (Wildman–Crippen MR) is 203 cm³/mol. The maximum atomic E-state index is 13.6. The van der Waals surface area contributed by atoms with Crippen molar-refractivity contribution in [2.75, 3.05) is 70.5 Å². The SMILES string of the molecule is C[C@@H]1[C@@H](C)CCC[C@@](O)(CN2CC(N3CCOCC3)C2)[C@@H]2CC[C@H]2CN2C[C@@]3(CCCc4cc(Cl)ccc43)COc3ccc(cc32)C(=O)NS1(=O)=O. The highest BCUT2D eigenvalue weighted by Gasteiger charge is 2.50. The Hall–Kier alpha value is -2.41. The number of hydrogen-bond acceptors (Lipinski definition) is 9. The van der Waals surface area contributed by atoms with Gasteiger partial charge in [0.2, 0.25) is 10.0 Å². The first-order valence-corrected chi connectivity index (χ1v) is 21.5. The van der Waals surface area contributed by atoms with Crippen LogP contribution in [0.25, 0.3) is 0 Å². The normalized spacial score (nSPS) is 34.5. The highest BCUT2D eigenvalue weighted by molar-refractivity contribution is 7.90. The first-order valence-electron chi connectivity index (χ1n) is 19.6. The van der Waals surface area contributed by atoms with Crippen molar-refractivity contribution >= 4 is 33.2 Å². The van der Waals surface area contributed by atoms with Gasteiger partial charge in [0.25, 0.3) is 5.91 Å². The summed E-state index contributed by atoms with van der Waals surface area (Å²) in [5, 5.41) is 12.8. The third kappa shape index (κ3) is 6.99. The average Bonchev–Trinajstić information content (AvgIpc) is 3.24. The summed E-state index contributed by atoms with van der Waals surface area (Å²) in [6.07, 6.45) is 6.95. The van der Waals surface area contributed by atoms with E-state index in [9.17, 15) is 18.3 Å². The van der Waals surface area contributed by atoms with Crippen molar-refractivity contribution in [2.24, 2.45) is 17.8 Å². The zero-order valence-electron chi connectivity index (χ0n) is 30.7. The number of fused-ring (bicyclic) bond motifs is 4. The van der Waals surface area contributed by atoms with Gasteiger partial charge in [0, 0.05) is 67.9 Å². The van der Waals surface area contributed by atoms with Crippen LogP contribution < -0.4 is 14.4 Å². The topological polar surface area (TPSA) is 112 Å². The van der Waals surface area contributed by atoms with Crippen LogP contribution in [0.3, 0.4) is 0 Å². The molecule has 1 saturated carbocycles. The molecule has 0 aromatic heterocycles. The minimum Gasteiger partial charge on any atom is -0.490 e. The van der Waals surface area contributed by atoms with Gasteiger partial charge in [-0.3, -0.25) is 14.6 Å². The number of aryl methyl sites for hydroxylation is 1. The molecule has 4 heterocycles. The van der Waals surface area contributed by atoms with Crippen molar-refractivity contribution in [1.82, 2.24) is 14.5 Å². The van der Waals surface area contributed by atoms with Gasteiger partial charge in [-0.2, -0.15) is 0 Å². The number of benzene rings is 2. The van der Waals surface area contributed by atoms with Crippen molar-refractivity contribution in [2.45, 2.75) is 87.5 Å². The van der Waals surface area contributed by atoms with Crippen molar-refractivity contribution in [3.63, 3.8) is 0 Å². The second-order valence-corrected chi connectivity index (χ2v) is 19.4. The van der Waals surface area contributed by atoms with E-state index in [0.717, 1.165) is 95.2 Å². The molecular formula is C40H55ClN4O6S. The fraction of sp³-hybridized carbons (Fsp3) is 0.675. The van der Waals surface area contributed by atoms with Crippen molar-refractivity contribution < 1.29 is 27.8 Å². The highest BCUT2D eigenvalue weighted by atomic mass is 35.5. The Kier molecular flexibility index (Phi) is 10.1. The molecule has 284 valence electrons. The number of rotatable bonds is 3. The fourth-order valence-corrected chi connectivity index (χ4v) is 11.7. The number of morpholine rings is 1. The Morgan fingerprint density at radius 1 is 1.00 bits per heavy atom. The molecule has 2 saturated heterocycles. The Labute approximate surface area is 314 Å². The number of hydrogen-bond donors (Lipinski definition) is 2. The summed E-state index contributed by atoms with van der Waals surface area (Å²) in [5.41, 5.74) is 2.47. The molecule has 2 aromatic carbocycles. The lowest BCUT2D eigenvalue weighted by atomic mass is 9.62. The van der Waals surface area contributed by atoms with Crippen molar-refractivity contribution in [3.05, 3.63) is 58.1 Å². The number of nitrogens with one attached hydrogen (secondary N) is 1. The summed E-state index contributed by atoms with van der Waals surface area (Å²) in [4.78, 5) is 21.0. The molecule has 2 bridgehead atoms. The van der Waals surface area contributed by atoms with E-state index < -0.39 is 26.8 Å². The van der Waals surface area contributed by atoms with Gasteiger partial charge in [-0.25, -0.2) is 13.1 Å². The van der Waals surface area contributed by atoms with E-state index in [-0.39, 0.29) is 23.2 Å². The molecule has 0 unspecified atom stereocenters. The van der Waals surface area contributed by atoms with Gasteiger partial charge in [-0.05, 0) is 111 Å². The molecule has 1 spiro atoms. The third-order valence-corrected chi connectivity index (χ3v) is 15.8. The van der Waals surface area contributed by atoms with E-state index in [1.54, 1.807) is 13.0 Å². The lowest BCUT2D eigenvalue weighted by Crippen LogP contribution is -2.66. The molecule has 6 atom stereocenters. The van der Waals surface area contributed by atoms with Crippen LogP contribution >= 0.6 is 11.6 Å². The molecule has 12 heteroatoms. The smallest absolute Gasteiger partial charge is 0.264 e. The van der Waals surface area contributed by atoms with Crippen LogP contribution in [-0.4, -0.2) is 112 Å². The molecule has 3 fully saturated rings. The Bertz CT molecular complexity index is 1770. The number of amides is 1. The summed E-state index contributed by atoms with van der Waals surface area (Å²) in [6.45, 7) is 11.6. The number of halogens is 1. The molecule has 52 heavy (non-hydrogen) atoms. The van der Waals surface area contributed by atoms with Crippen molar-refractivity contribution in [1.29, 1.82) is 0 Å². The van der Waals surface area contributed by atoms with Crippen LogP contribution in [0.2, 0.25) is 5.02 Å².